The predicted octanol–water partition coefficient (Wildman–Crippen LogP) is 3.34. The number of amides is 2. The molecule has 1 fully saturated rings. The van der Waals surface area contributed by atoms with Crippen LogP contribution in [0.3, 0.4) is 0 Å². The Hall–Kier alpha value is -2.24. The van der Waals surface area contributed by atoms with Gasteiger partial charge in [-0.2, -0.15) is 0 Å². The lowest BCUT2D eigenvalue weighted by Crippen LogP contribution is -2.41. The van der Waals surface area contributed by atoms with Crippen LogP contribution in [0.2, 0.25) is 0 Å². The second kappa shape index (κ2) is 9.30. The lowest BCUT2D eigenvalue weighted by atomic mass is 9.96. The highest BCUT2D eigenvalue weighted by Crippen LogP contribution is 2.22. The summed E-state index contributed by atoms with van der Waals surface area (Å²) in [4.78, 5) is 28.1. The van der Waals surface area contributed by atoms with Gasteiger partial charge in [0.25, 0.3) is 0 Å². The van der Waals surface area contributed by atoms with Gasteiger partial charge in [-0.1, -0.05) is 0 Å². The fourth-order valence-electron chi connectivity index (χ4n) is 3.13. The first-order chi connectivity index (χ1) is 12.1. The Kier molecular flexibility index (Phi) is 7.10. The van der Waals surface area contributed by atoms with Gasteiger partial charge in [0.2, 0.25) is 5.91 Å². The number of nitrogens with one attached hydrogen (secondary N) is 1. The number of carbonyl (C=O) groups is 2. The zero-order valence-electron chi connectivity index (χ0n) is 15.5. The number of rotatable bonds is 6. The Morgan fingerprint density at radius 1 is 1.12 bits per heavy atom. The van der Waals surface area contributed by atoms with E-state index in [0.717, 1.165) is 24.5 Å². The van der Waals surface area contributed by atoms with E-state index in [4.69, 9.17) is 4.74 Å². The van der Waals surface area contributed by atoms with Crippen molar-refractivity contribution in [2.75, 3.05) is 43.0 Å². The van der Waals surface area contributed by atoms with Crippen LogP contribution in [0.25, 0.3) is 0 Å². The second-order valence-electron chi connectivity index (χ2n) is 6.17. The largest absolute Gasteiger partial charge is 0.450 e. The number of hydrogen-bond donors (Lipinski definition) is 1. The Morgan fingerprint density at radius 3 is 2.24 bits per heavy atom. The quantitative estimate of drug-likeness (QED) is 0.857. The Labute approximate surface area is 150 Å². The molecule has 1 aliphatic heterocycles. The van der Waals surface area contributed by atoms with Gasteiger partial charge in [-0.05, 0) is 57.9 Å². The van der Waals surface area contributed by atoms with Gasteiger partial charge in [0, 0.05) is 43.5 Å². The van der Waals surface area contributed by atoms with Crippen molar-refractivity contribution in [3.8, 4) is 0 Å². The van der Waals surface area contributed by atoms with Crippen LogP contribution >= 0.6 is 0 Å². The number of likely N-dealkylation sites (tertiary alicyclic amines) is 1. The van der Waals surface area contributed by atoms with Gasteiger partial charge in [0.15, 0.2) is 0 Å². The fraction of sp³-hybridized carbons (Fsp3) is 0.579. The van der Waals surface area contributed by atoms with E-state index in [-0.39, 0.29) is 17.9 Å². The Balaban J connectivity index is 1.85. The first kappa shape index (κ1) is 19.1. The molecular formula is C19H29N3O3. The number of nitrogens with zero attached hydrogens (tertiary/aromatic N) is 2. The standard InChI is InChI=1S/C19H29N3O3/c1-4-21(5-2)17-9-7-16(8-10-17)20-18(23)15-11-13-22(14-12-15)19(24)25-6-3/h7-10,15H,4-6,11-14H2,1-3H3,(H,20,23). The summed E-state index contributed by atoms with van der Waals surface area (Å²) >= 11 is 0. The topological polar surface area (TPSA) is 61.9 Å². The SMILES string of the molecule is CCOC(=O)N1CCC(C(=O)Nc2ccc(N(CC)CC)cc2)CC1. The van der Waals surface area contributed by atoms with Crippen LogP contribution in [-0.4, -0.2) is 49.7 Å². The molecule has 1 aromatic rings. The lowest BCUT2D eigenvalue weighted by Gasteiger charge is -2.30. The van der Waals surface area contributed by atoms with Crippen LogP contribution in [0.1, 0.15) is 33.6 Å². The van der Waals surface area contributed by atoms with Gasteiger partial charge in [-0.15, -0.1) is 0 Å². The predicted molar refractivity (Wildman–Crippen MR) is 100.0 cm³/mol. The maximum absolute atomic E-state index is 12.4. The van der Waals surface area contributed by atoms with E-state index in [1.54, 1.807) is 11.8 Å². The molecule has 25 heavy (non-hydrogen) atoms. The zero-order valence-corrected chi connectivity index (χ0v) is 15.5. The maximum Gasteiger partial charge on any atom is 0.409 e. The molecule has 0 aromatic heterocycles. The number of ether oxygens (including phenoxy) is 1. The van der Waals surface area contributed by atoms with Gasteiger partial charge in [-0.3, -0.25) is 4.79 Å². The molecule has 1 aromatic carbocycles. The minimum absolute atomic E-state index is 0.0269. The summed E-state index contributed by atoms with van der Waals surface area (Å²) in [6, 6.07) is 7.95. The maximum atomic E-state index is 12.4. The van der Waals surface area contributed by atoms with Gasteiger partial charge in [-0.25, -0.2) is 4.79 Å². The van der Waals surface area contributed by atoms with E-state index < -0.39 is 0 Å². The van der Waals surface area contributed by atoms with E-state index in [0.29, 0.717) is 32.5 Å². The summed E-state index contributed by atoms with van der Waals surface area (Å²) in [5.74, 6) is -0.0350. The van der Waals surface area contributed by atoms with Crippen LogP contribution in [0.5, 0.6) is 0 Å². The molecular weight excluding hydrogens is 318 g/mol. The van der Waals surface area contributed by atoms with E-state index in [9.17, 15) is 9.59 Å². The Bertz CT molecular complexity index is 562. The highest BCUT2D eigenvalue weighted by Gasteiger charge is 2.27. The van der Waals surface area contributed by atoms with Crippen molar-refractivity contribution in [1.82, 2.24) is 4.90 Å². The van der Waals surface area contributed by atoms with Gasteiger partial charge < -0.3 is 19.9 Å². The van der Waals surface area contributed by atoms with Crippen molar-refractivity contribution < 1.29 is 14.3 Å². The van der Waals surface area contributed by atoms with Gasteiger partial charge in [0.1, 0.15) is 0 Å². The first-order valence-corrected chi connectivity index (χ1v) is 9.16. The summed E-state index contributed by atoms with van der Waals surface area (Å²) in [5.41, 5.74) is 1.97. The first-order valence-electron chi connectivity index (χ1n) is 9.16. The highest BCUT2D eigenvalue weighted by molar-refractivity contribution is 5.92. The molecule has 0 unspecified atom stereocenters. The molecule has 138 valence electrons. The third kappa shape index (κ3) is 5.11. The molecule has 1 aliphatic rings. The number of anilines is 2. The molecule has 1 heterocycles. The van der Waals surface area contributed by atoms with Crippen molar-refractivity contribution >= 4 is 23.4 Å². The Morgan fingerprint density at radius 2 is 1.72 bits per heavy atom. The van der Waals surface area contributed by atoms with Crippen molar-refractivity contribution in [3.05, 3.63) is 24.3 Å². The summed E-state index contributed by atoms with van der Waals surface area (Å²) in [5, 5.41) is 2.99. The smallest absolute Gasteiger partial charge is 0.409 e. The van der Waals surface area contributed by atoms with Crippen molar-refractivity contribution in [2.24, 2.45) is 5.92 Å². The molecule has 2 rings (SSSR count). The van der Waals surface area contributed by atoms with Crippen LogP contribution in [0.15, 0.2) is 24.3 Å². The molecule has 0 atom stereocenters. The molecule has 0 aliphatic carbocycles. The van der Waals surface area contributed by atoms with E-state index in [1.165, 1.54) is 0 Å². The van der Waals surface area contributed by atoms with E-state index >= 15 is 0 Å². The van der Waals surface area contributed by atoms with Crippen molar-refractivity contribution in [3.63, 3.8) is 0 Å². The number of piperidine rings is 1. The van der Waals surface area contributed by atoms with Gasteiger partial charge >= 0.3 is 6.09 Å². The van der Waals surface area contributed by atoms with Gasteiger partial charge in [0.05, 0.1) is 6.61 Å². The van der Waals surface area contributed by atoms with Crippen molar-refractivity contribution in [2.45, 2.75) is 33.6 Å². The van der Waals surface area contributed by atoms with E-state index in [1.807, 2.05) is 24.3 Å². The number of benzene rings is 1. The molecule has 0 saturated carbocycles. The lowest BCUT2D eigenvalue weighted by molar-refractivity contribution is -0.121. The normalized spacial score (nSPS) is 14.9. The minimum Gasteiger partial charge on any atom is -0.450 e. The van der Waals surface area contributed by atoms with Crippen molar-refractivity contribution in [1.29, 1.82) is 0 Å². The third-order valence-electron chi connectivity index (χ3n) is 4.66. The van der Waals surface area contributed by atoms with Crippen LogP contribution in [-0.2, 0) is 9.53 Å². The molecule has 0 spiro atoms. The molecule has 6 heteroatoms. The van der Waals surface area contributed by atoms with Crippen LogP contribution in [0.4, 0.5) is 16.2 Å². The zero-order chi connectivity index (χ0) is 18.2. The summed E-state index contributed by atoms with van der Waals surface area (Å²) < 4.78 is 5.00. The third-order valence-corrected chi connectivity index (χ3v) is 4.66. The molecule has 1 N–H and O–H groups in total. The molecule has 6 nitrogen and oxygen atoms in total. The number of hydrogen-bond acceptors (Lipinski definition) is 4. The van der Waals surface area contributed by atoms with Crippen LogP contribution < -0.4 is 10.2 Å². The average molecular weight is 347 g/mol. The highest BCUT2D eigenvalue weighted by atomic mass is 16.6. The average Bonchev–Trinajstić information content (AvgIpc) is 2.64. The summed E-state index contributed by atoms with van der Waals surface area (Å²) in [7, 11) is 0. The summed E-state index contributed by atoms with van der Waals surface area (Å²) in [6.45, 7) is 9.48. The molecule has 0 bridgehead atoms. The molecule has 0 radical (unpaired) electrons. The van der Waals surface area contributed by atoms with Crippen LogP contribution in [0, 0.1) is 5.92 Å². The number of carbonyl (C=O) groups excluding carboxylic acids is 2. The second-order valence-corrected chi connectivity index (χ2v) is 6.17. The monoisotopic (exact) mass is 347 g/mol. The fourth-order valence-corrected chi connectivity index (χ4v) is 3.13. The minimum atomic E-state index is -0.284. The summed E-state index contributed by atoms with van der Waals surface area (Å²) in [6.07, 6.45) is 1.05. The molecule has 2 amide bonds. The van der Waals surface area contributed by atoms with E-state index in [2.05, 4.69) is 24.1 Å². The molecule has 1 saturated heterocycles.